The second-order valence-electron chi connectivity index (χ2n) is 12.6. The molecule has 1 fully saturated rings. The van der Waals surface area contributed by atoms with Crippen molar-refractivity contribution >= 4 is 17.8 Å². The number of benzene rings is 3. The van der Waals surface area contributed by atoms with Gasteiger partial charge in [0, 0.05) is 6.54 Å². The van der Waals surface area contributed by atoms with Crippen LogP contribution in [0.15, 0.2) is 54.6 Å². The molecule has 51 heavy (non-hydrogen) atoms. The van der Waals surface area contributed by atoms with E-state index in [1.165, 1.54) is 21.3 Å². The van der Waals surface area contributed by atoms with Crippen LogP contribution in [0.4, 0.5) is 0 Å². The minimum Gasteiger partial charge on any atom is -0.493 e. The number of hydrogen-bond acceptors (Lipinski definition) is 10. The summed E-state index contributed by atoms with van der Waals surface area (Å²) in [4.78, 5) is 41.5. The molecule has 1 unspecified atom stereocenters. The first-order valence-electron chi connectivity index (χ1n) is 17.0. The van der Waals surface area contributed by atoms with Gasteiger partial charge in [-0.2, -0.15) is 0 Å². The van der Waals surface area contributed by atoms with E-state index in [1.807, 2.05) is 38.1 Å². The number of aryl methyl sites for hydroxylation is 1. The molecule has 1 heterocycles. The number of aliphatic carboxylic acids is 1. The lowest BCUT2D eigenvalue weighted by Crippen LogP contribution is -2.51. The van der Waals surface area contributed by atoms with Crippen molar-refractivity contribution in [1.29, 1.82) is 0 Å². The second-order valence-corrected chi connectivity index (χ2v) is 12.6. The predicted octanol–water partition coefficient (Wildman–Crippen LogP) is 6.23. The number of hydrogen-bond donors (Lipinski definition) is 1. The number of methoxy groups -OCH3 is 5. The Balaban J connectivity index is 1.64. The first-order valence-corrected chi connectivity index (χ1v) is 17.0. The molecule has 3 atom stereocenters. The van der Waals surface area contributed by atoms with Gasteiger partial charge in [0.15, 0.2) is 29.6 Å². The van der Waals surface area contributed by atoms with Crippen molar-refractivity contribution in [2.75, 3.05) is 48.7 Å². The Morgan fingerprint density at radius 3 is 2.10 bits per heavy atom. The lowest BCUT2D eigenvalue weighted by Gasteiger charge is -2.38. The molecule has 3 aromatic rings. The largest absolute Gasteiger partial charge is 0.493 e. The molecule has 0 aliphatic carbocycles. The number of esters is 1. The number of rotatable bonds is 17. The summed E-state index contributed by atoms with van der Waals surface area (Å²) >= 11 is 0. The molecule has 0 aromatic heterocycles. The summed E-state index contributed by atoms with van der Waals surface area (Å²) in [6.45, 7) is 3.82. The Bertz CT molecular complexity index is 1630. The molecule has 1 saturated heterocycles. The van der Waals surface area contributed by atoms with Crippen molar-refractivity contribution in [2.45, 2.75) is 64.0 Å². The van der Waals surface area contributed by atoms with Crippen LogP contribution in [0.2, 0.25) is 0 Å². The highest BCUT2D eigenvalue weighted by atomic mass is 16.5. The quantitative estimate of drug-likeness (QED) is 0.160. The zero-order valence-electron chi connectivity index (χ0n) is 30.4. The average molecular weight is 708 g/mol. The fourth-order valence-electron chi connectivity index (χ4n) is 6.51. The number of ether oxygens (including phenoxy) is 7. The van der Waals surface area contributed by atoms with Gasteiger partial charge in [-0.25, -0.2) is 9.59 Å². The summed E-state index contributed by atoms with van der Waals surface area (Å²) < 4.78 is 39.2. The maximum absolute atomic E-state index is 14.5. The van der Waals surface area contributed by atoms with Crippen LogP contribution < -0.4 is 28.4 Å². The minimum absolute atomic E-state index is 0.123. The molecule has 1 amide bonds. The minimum atomic E-state index is -1.11. The number of amides is 1. The Hall–Kier alpha value is -5.13. The van der Waals surface area contributed by atoms with E-state index in [-0.39, 0.29) is 11.8 Å². The van der Waals surface area contributed by atoms with Crippen molar-refractivity contribution in [3.8, 4) is 34.5 Å². The van der Waals surface area contributed by atoms with Crippen molar-refractivity contribution in [2.24, 2.45) is 5.92 Å². The van der Waals surface area contributed by atoms with E-state index in [1.54, 1.807) is 49.5 Å². The van der Waals surface area contributed by atoms with Crippen LogP contribution in [0.3, 0.4) is 0 Å². The summed E-state index contributed by atoms with van der Waals surface area (Å²) in [5.74, 6) is 0.283. The summed E-state index contributed by atoms with van der Waals surface area (Å²) in [5.41, 5.74) is 2.26. The molecule has 12 heteroatoms. The molecule has 12 nitrogen and oxygen atoms in total. The molecule has 1 aliphatic heterocycles. The van der Waals surface area contributed by atoms with Crippen LogP contribution in [0, 0.1) is 5.92 Å². The van der Waals surface area contributed by atoms with Crippen LogP contribution in [0.5, 0.6) is 34.5 Å². The number of carboxylic acids is 1. The Labute approximate surface area is 299 Å². The van der Waals surface area contributed by atoms with Crippen molar-refractivity contribution in [1.82, 2.24) is 4.90 Å². The molecule has 1 N–H and O–H groups in total. The smallest absolute Gasteiger partial charge is 0.341 e. The predicted molar refractivity (Wildman–Crippen MR) is 189 cm³/mol. The van der Waals surface area contributed by atoms with Gasteiger partial charge in [-0.15, -0.1) is 0 Å². The van der Waals surface area contributed by atoms with Gasteiger partial charge in [-0.05, 0) is 91.1 Å². The van der Waals surface area contributed by atoms with E-state index < -0.39 is 36.6 Å². The van der Waals surface area contributed by atoms with E-state index >= 15 is 0 Å². The van der Waals surface area contributed by atoms with Gasteiger partial charge in [-0.3, -0.25) is 4.79 Å². The van der Waals surface area contributed by atoms with Crippen molar-refractivity contribution in [3.63, 3.8) is 0 Å². The van der Waals surface area contributed by atoms with Crippen molar-refractivity contribution in [3.05, 3.63) is 71.3 Å². The first kappa shape index (κ1) is 38.7. The molecule has 276 valence electrons. The topological polar surface area (TPSA) is 139 Å². The third kappa shape index (κ3) is 9.56. The van der Waals surface area contributed by atoms with Gasteiger partial charge in [0.25, 0.3) is 0 Å². The van der Waals surface area contributed by atoms with E-state index in [9.17, 15) is 14.4 Å². The maximum atomic E-state index is 14.5. The third-order valence-electron chi connectivity index (χ3n) is 9.03. The molecule has 3 aromatic carbocycles. The summed E-state index contributed by atoms with van der Waals surface area (Å²) in [6, 6.07) is 15.2. The average Bonchev–Trinajstić information content (AvgIpc) is 3.14. The van der Waals surface area contributed by atoms with Gasteiger partial charge in [0.1, 0.15) is 17.9 Å². The van der Waals surface area contributed by atoms with Gasteiger partial charge in [-0.1, -0.05) is 32.0 Å². The lowest BCUT2D eigenvalue weighted by atomic mass is 9.85. The van der Waals surface area contributed by atoms with Gasteiger partial charge in [0.2, 0.25) is 11.7 Å². The summed E-state index contributed by atoms with van der Waals surface area (Å²) in [5, 5.41) is 9.13. The molecule has 0 bridgehead atoms. The Kier molecular flexibility index (Phi) is 13.8. The zero-order valence-corrected chi connectivity index (χ0v) is 30.4. The lowest BCUT2D eigenvalue weighted by molar-refractivity contribution is -0.163. The van der Waals surface area contributed by atoms with Crippen molar-refractivity contribution < 1.29 is 52.6 Å². The first-order chi connectivity index (χ1) is 24.5. The Morgan fingerprint density at radius 1 is 0.804 bits per heavy atom. The number of likely N-dealkylation sites (tertiary alicyclic amines) is 1. The SMILES string of the molecule is COc1ccc(CCC(OC(=O)[C@@H]2CCCCN2C(=O)[C@@H](c2cc(OC)c(OC)c(OC)c2)C(C)C)c2cccc(OCC(=O)O)c2)cc1OC. The number of carbonyl (C=O) groups excluding carboxylic acids is 2. The highest BCUT2D eigenvalue weighted by Gasteiger charge is 2.39. The highest BCUT2D eigenvalue weighted by Crippen LogP contribution is 2.42. The standard InChI is InChI=1S/C39H49NO11/c1-24(2)36(27-21-33(47-5)37(49-7)34(22-27)48-6)38(43)40-18-9-8-13-29(40)39(44)51-30(26-11-10-12-28(20-26)50-23-35(41)42)16-14-25-15-17-31(45-3)32(19-25)46-4/h10-12,15,17,19-22,24,29-30,36H,8-9,13-14,16,18,23H2,1-7H3,(H,41,42)/t29-,30?,36+/m0/s1. The molecular formula is C39H49NO11. The molecule has 0 saturated carbocycles. The molecule has 0 spiro atoms. The van der Waals surface area contributed by atoms with E-state index in [2.05, 4.69) is 0 Å². The van der Waals surface area contributed by atoms with E-state index in [0.29, 0.717) is 71.4 Å². The zero-order chi connectivity index (χ0) is 37.1. The molecule has 0 radical (unpaired) electrons. The van der Waals surface area contributed by atoms with Crippen LogP contribution in [-0.4, -0.2) is 82.6 Å². The fourth-order valence-corrected chi connectivity index (χ4v) is 6.51. The van der Waals surface area contributed by atoms with Gasteiger partial charge >= 0.3 is 11.9 Å². The van der Waals surface area contributed by atoms with Crippen LogP contribution in [0.25, 0.3) is 0 Å². The third-order valence-corrected chi connectivity index (χ3v) is 9.03. The number of carboxylic acid groups (broad SMARTS) is 1. The number of piperidine rings is 1. The van der Waals surface area contributed by atoms with Gasteiger partial charge < -0.3 is 43.2 Å². The van der Waals surface area contributed by atoms with Crippen LogP contribution in [0.1, 0.15) is 68.2 Å². The monoisotopic (exact) mass is 707 g/mol. The maximum Gasteiger partial charge on any atom is 0.341 e. The van der Waals surface area contributed by atoms with Crippen LogP contribution in [-0.2, 0) is 25.5 Å². The molecule has 4 rings (SSSR count). The molecular weight excluding hydrogens is 658 g/mol. The van der Waals surface area contributed by atoms with E-state index in [4.69, 9.17) is 38.3 Å². The Morgan fingerprint density at radius 2 is 1.49 bits per heavy atom. The summed E-state index contributed by atoms with van der Waals surface area (Å²) in [7, 11) is 7.71. The highest BCUT2D eigenvalue weighted by molar-refractivity contribution is 5.89. The number of carbonyl (C=O) groups is 3. The van der Waals surface area contributed by atoms with Gasteiger partial charge in [0.05, 0.1) is 41.5 Å². The second kappa shape index (κ2) is 18.2. The molecule has 1 aliphatic rings. The van der Waals surface area contributed by atoms with Crippen LogP contribution >= 0.6 is 0 Å². The number of nitrogens with zero attached hydrogens (tertiary/aromatic N) is 1. The van der Waals surface area contributed by atoms with E-state index in [0.717, 1.165) is 18.4 Å². The summed E-state index contributed by atoms with van der Waals surface area (Å²) in [6.07, 6.45) is 2.14. The normalized spacial score (nSPS) is 15.4. The fraction of sp³-hybridized carbons (Fsp3) is 0.462.